The van der Waals surface area contributed by atoms with Crippen LogP contribution < -0.4 is 9.64 Å². The Kier molecular flexibility index (Phi) is 6.16. The van der Waals surface area contributed by atoms with E-state index >= 15 is 0 Å². The molecule has 2 aliphatic heterocycles. The molecule has 0 atom stereocenters. The summed E-state index contributed by atoms with van der Waals surface area (Å²) in [6, 6.07) is 15.7. The van der Waals surface area contributed by atoms with Gasteiger partial charge >= 0.3 is 0 Å². The van der Waals surface area contributed by atoms with Crippen LogP contribution in [0.2, 0.25) is 0 Å². The number of unbranched alkanes of at least 4 members (excludes halogenated alkanes) is 3. The number of carbonyl (C=O) groups excluding carboxylic acids is 1. The number of fused-ring (bicyclic) bond motifs is 2. The molecule has 0 radical (unpaired) electrons. The molecule has 0 N–H and O–H groups in total. The lowest BCUT2D eigenvalue weighted by Gasteiger charge is -2.32. The van der Waals surface area contributed by atoms with Gasteiger partial charge in [0.05, 0.1) is 32.1 Å². The number of nitrogens with zero attached hydrogens (tertiary/aromatic N) is 1. The minimum atomic E-state index is -1.28. The third-order valence-electron chi connectivity index (χ3n) is 5.51. The van der Waals surface area contributed by atoms with Gasteiger partial charge in [0.1, 0.15) is 5.75 Å². The first-order valence-corrected chi connectivity index (χ1v) is 10.7. The van der Waals surface area contributed by atoms with Gasteiger partial charge in [-0.05, 0) is 36.6 Å². The second-order valence-corrected chi connectivity index (χ2v) is 7.63. The Morgan fingerprint density at radius 1 is 1.00 bits per heavy atom. The van der Waals surface area contributed by atoms with Crippen molar-refractivity contribution in [2.45, 2.75) is 51.4 Å². The molecule has 0 bridgehead atoms. The zero-order valence-corrected chi connectivity index (χ0v) is 17.1. The fourth-order valence-electron chi connectivity index (χ4n) is 3.95. The van der Waals surface area contributed by atoms with Crippen LogP contribution in [0, 0.1) is 0 Å². The van der Waals surface area contributed by atoms with E-state index in [1.807, 2.05) is 48.5 Å². The Bertz CT molecular complexity index is 827. The summed E-state index contributed by atoms with van der Waals surface area (Å²) in [5.74, 6) is -0.556. The Hall–Kier alpha value is -2.37. The molecule has 1 amide bonds. The van der Waals surface area contributed by atoms with Crippen molar-refractivity contribution in [3.05, 3.63) is 59.7 Å². The number of amides is 1. The molecule has 5 heteroatoms. The summed E-state index contributed by atoms with van der Waals surface area (Å²) >= 11 is 0. The number of hydrogen-bond acceptors (Lipinski definition) is 4. The Morgan fingerprint density at radius 3 is 2.52 bits per heavy atom. The molecule has 5 nitrogen and oxygen atoms in total. The van der Waals surface area contributed by atoms with Crippen LogP contribution in [0.25, 0.3) is 0 Å². The van der Waals surface area contributed by atoms with Gasteiger partial charge in [-0.2, -0.15) is 0 Å². The normalized spacial score (nSPS) is 17.6. The molecular weight excluding hydrogens is 366 g/mol. The molecular formula is C24H29NO4. The first-order valence-electron chi connectivity index (χ1n) is 10.7. The molecule has 0 aromatic heterocycles. The molecule has 29 heavy (non-hydrogen) atoms. The van der Waals surface area contributed by atoms with Crippen LogP contribution in [0.3, 0.4) is 0 Å². The van der Waals surface area contributed by atoms with Gasteiger partial charge in [0.2, 0.25) is 0 Å². The van der Waals surface area contributed by atoms with Gasteiger partial charge < -0.3 is 19.1 Å². The fraction of sp³-hybridized carbons (Fsp3) is 0.458. The lowest BCUT2D eigenvalue weighted by Crippen LogP contribution is -2.47. The van der Waals surface area contributed by atoms with Crippen LogP contribution in [0.15, 0.2) is 48.5 Å². The maximum atomic E-state index is 13.3. The Labute approximate surface area is 172 Å². The van der Waals surface area contributed by atoms with Crippen LogP contribution in [0.5, 0.6) is 5.75 Å². The van der Waals surface area contributed by atoms with E-state index < -0.39 is 5.79 Å². The summed E-state index contributed by atoms with van der Waals surface area (Å²) < 4.78 is 17.6. The predicted molar refractivity (Wildman–Crippen MR) is 112 cm³/mol. The molecule has 0 aliphatic carbocycles. The number of rotatable bonds is 8. The second-order valence-electron chi connectivity index (χ2n) is 7.63. The quantitative estimate of drug-likeness (QED) is 0.604. The second kappa shape index (κ2) is 8.97. The molecule has 1 fully saturated rings. The van der Waals surface area contributed by atoms with Crippen molar-refractivity contribution in [1.29, 1.82) is 0 Å². The molecule has 2 aromatic rings. The molecule has 2 aromatic carbocycles. The average Bonchev–Trinajstić information content (AvgIpc) is 2.98. The van der Waals surface area contributed by atoms with Crippen LogP contribution in [-0.2, 0) is 26.6 Å². The lowest BCUT2D eigenvalue weighted by atomic mass is 10.1. The molecule has 0 unspecified atom stereocenters. The highest BCUT2D eigenvalue weighted by molar-refractivity contribution is 6.06. The summed E-state index contributed by atoms with van der Waals surface area (Å²) in [6.45, 7) is 4.48. The SMILES string of the molecule is CCCCCCOc1ccc(CN2C(=O)C3(OCCCO3)c3ccccc32)cc1. The summed E-state index contributed by atoms with van der Waals surface area (Å²) in [4.78, 5) is 15.1. The van der Waals surface area contributed by atoms with E-state index in [1.54, 1.807) is 4.90 Å². The van der Waals surface area contributed by atoms with Crippen molar-refractivity contribution in [3.63, 3.8) is 0 Å². The number of anilines is 1. The van der Waals surface area contributed by atoms with Crippen molar-refractivity contribution in [3.8, 4) is 5.75 Å². The van der Waals surface area contributed by atoms with Gasteiger partial charge in [0.15, 0.2) is 0 Å². The predicted octanol–water partition coefficient (Wildman–Crippen LogP) is 4.78. The van der Waals surface area contributed by atoms with Crippen molar-refractivity contribution >= 4 is 11.6 Å². The van der Waals surface area contributed by atoms with E-state index in [0.29, 0.717) is 19.8 Å². The molecule has 0 saturated carbocycles. The van der Waals surface area contributed by atoms with E-state index in [4.69, 9.17) is 14.2 Å². The third kappa shape index (κ3) is 4.02. The number of benzene rings is 2. The van der Waals surface area contributed by atoms with E-state index in [0.717, 1.165) is 42.0 Å². The first-order chi connectivity index (χ1) is 14.2. The smallest absolute Gasteiger partial charge is 0.292 e. The van der Waals surface area contributed by atoms with Gasteiger partial charge in [-0.3, -0.25) is 4.79 Å². The molecule has 2 heterocycles. The summed E-state index contributed by atoms with van der Waals surface area (Å²) in [5.41, 5.74) is 2.70. The topological polar surface area (TPSA) is 48.0 Å². The summed E-state index contributed by atoms with van der Waals surface area (Å²) in [7, 11) is 0. The van der Waals surface area contributed by atoms with Crippen LogP contribution in [-0.4, -0.2) is 25.7 Å². The fourth-order valence-corrected chi connectivity index (χ4v) is 3.95. The minimum Gasteiger partial charge on any atom is -0.494 e. The number of carbonyl (C=O) groups is 1. The van der Waals surface area contributed by atoms with Gasteiger partial charge in [-0.25, -0.2) is 0 Å². The first kappa shape index (κ1) is 19.9. The van der Waals surface area contributed by atoms with E-state index in [9.17, 15) is 4.79 Å². The summed E-state index contributed by atoms with van der Waals surface area (Å²) in [6.07, 6.45) is 5.57. The Balaban J connectivity index is 1.45. The zero-order chi connectivity index (χ0) is 20.1. The van der Waals surface area contributed by atoms with E-state index in [-0.39, 0.29) is 5.91 Å². The average molecular weight is 395 g/mol. The molecule has 2 aliphatic rings. The van der Waals surface area contributed by atoms with Gasteiger partial charge in [-0.15, -0.1) is 0 Å². The highest BCUT2D eigenvalue weighted by atomic mass is 16.7. The van der Waals surface area contributed by atoms with Crippen molar-refractivity contribution in [1.82, 2.24) is 0 Å². The van der Waals surface area contributed by atoms with Crippen molar-refractivity contribution in [2.24, 2.45) is 0 Å². The maximum Gasteiger partial charge on any atom is 0.292 e. The van der Waals surface area contributed by atoms with Gasteiger partial charge in [0, 0.05) is 5.56 Å². The largest absolute Gasteiger partial charge is 0.494 e. The van der Waals surface area contributed by atoms with Gasteiger partial charge in [-0.1, -0.05) is 56.5 Å². The van der Waals surface area contributed by atoms with Crippen LogP contribution in [0.1, 0.15) is 50.2 Å². The van der Waals surface area contributed by atoms with E-state index in [1.165, 1.54) is 19.3 Å². The molecule has 154 valence electrons. The molecule has 1 spiro atoms. The standard InChI is InChI=1S/C24H29NO4/c1-2-3-4-7-15-27-20-13-11-19(12-14-20)18-25-22-10-6-5-9-21(22)24(23(25)26)28-16-8-17-29-24/h5-6,9-14H,2-4,7-8,15-18H2,1H3. The maximum absolute atomic E-state index is 13.3. The third-order valence-corrected chi connectivity index (χ3v) is 5.51. The number of ether oxygens (including phenoxy) is 3. The van der Waals surface area contributed by atoms with Crippen LogP contribution in [0.4, 0.5) is 5.69 Å². The van der Waals surface area contributed by atoms with Crippen molar-refractivity contribution in [2.75, 3.05) is 24.7 Å². The minimum absolute atomic E-state index is 0.144. The van der Waals surface area contributed by atoms with Crippen LogP contribution >= 0.6 is 0 Å². The van der Waals surface area contributed by atoms with Gasteiger partial charge in [0.25, 0.3) is 11.7 Å². The highest BCUT2D eigenvalue weighted by Crippen LogP contribution is 2.45. The Morgan fingerprint density at radius 2 is 1.76 bits per heavy atom. The van der Waals surface area contributed by atoms with E-state index in [2.05, 4.69) is 6.92 Å². The number of hydrogen-bond donors (Lipinski definition) is 0. The molecule has 1 saturated heterocycles. The zero-order valence-electron chi connectivity index (χ0n) is 17.1. The lowest BCUT2D eigenvalue weighted by molar-refractivity contribution is -0.256. The number of para-hydroxylation sites is 1. The monoisotopic (exact) mass is 395 g/mol. The van der Waals surface area contributed by atoms with Crippen molar-refractivity contribution < 1.29 is 19.0 Å². The highest BCUT2D eigenvalue weighted by Gasteiger charge is 2.54. The summed E-state index contributed by atoms with van der Waals surface area (Å²) in [5, 5.41) is 0. The molecule has 4 rings (SSSR count).